The van der Waals surface area contributed by atoms with E-state index in [9.17, 15) is 9.59 Å². The quantitative estimate of drug-likeness (QED) is 0.359. The lowest BCUT2D eigenvalue weighted by molar-refractivity contribution is -0.136. The van der Waals surface area contributed by atoms with Crippen LogP contribution in [0.3, 0.4) is 0 Å². The van der Waals surface area contributed by atoms with E-state index in [4.69, 9.17) is 9.47 Å². The molecular formula is C25H26N2O4S2. The van der Waals surface area contributed by atoms with E-state index in [-0.39, 0.29) is 5.56 Å². The largest absolute Gasteiger partial charge is 0.494 e. The summed E-state index contributed by atoms with van der Waals surface area (Å²) in [6.07, 6.45) is 5.21. The van der Waals surface area contributed by atoms with Gasteiger partial charge in [0.25, 0.3) is 5.56 Å². The Morgan fingerprint density at radius 1 is 1.21 bits per heavy atom. The molecule has 3 aromatic rings. The van der Waals surface area contributed by atoms with Gasteiger partial charge in [0.05, 0.1) is 29.5 Å². The first-order valence-corrected chi connectivity index (χ1v) is 12.6. The van der Waals surface area contributed by atoms with Gasteiger partial charge in [-0.15, -0.1) is 11.3 Å². The summed E-state index contributed by atoms with van der Waals surface area (Å²) in [7, 11) is 1.34. The zero-order chi connectivity index (χ0) is 23.4. The van der Waals surface area contributed by atoms with Gasteiger partial charge in [0.2, 0.25) is 0 Å². The molecule has 6 nitrogen and oxygen atoms in total. The van der Waals surface area contributed by atoms with Crippen molar-refractivity contribution in [3.63, 3.8) is 0 Å². The molecule has 0 bridgehead atoms. The Morgan fingerprint density at radius 3 is 2.67 bits per heavy atom. The molecule has 1 atom stereocenters. The molecule has 0 amide bonds. The van der Waals surface area contributed by atoms with Crippen molar-refractivity contribution < 1.29 is 14.3 Å². The van der Waals surface area contributed by atoms with Crippen molar-refractivity contribution in [1.82, 2.24) is 4.57 Å². The summed E-state index contributed by atoms with van der Waals surface area (Å²) >= 11 is 2.82. The molecular weight excluding hydrogens is 456 g/mol. The second kappa shape index (κ2) is 10.3. The molecule has 2 aromatic heterocycles. The zero-order valence-electron chi connectivity index (χ0n) is 18.9. The van der Waals surface area contributed by atoms with E-state index in [0.29, 0.717) is 27.2 Å². The highest BCUT2D eigenvalue weighted by molar-refractivity contribution is 7.10. The van der Waals surface area contributed by atoms with Crippen LogP contribution in [-0.2, 0) is 9.53 Å². The molecule has 0 saturated heterocycles. The first-order chi connectivity index (χ1) is 16.0. The maximum Gasteiger partial charge on any atom is 0.338 e. The van der Waals surface area contributed by atoms with Gasteiger partial charge in [-0.25, -0.2) is 9.79 Å². The molecule has 1 aromatic carbocycles. The summed E-state index contributed by atoms with van der Waals surface area (Å²) in [5, 5.41) is 1.93. The first-order valence-electron chi connectivity index (χ1n) is 10.9. The lowest BCUT2D eigenvalue weighted by atomic mass is 10.0. The third kappa shape index (κ3) is 4.86. The van der Waals surface area contributed by atoms with Crippen LogP contribution in [0.4, 0.5) is 0 Å². The third-order valence-electron chi connectivity index (χ3n) is 5.43. The second-order valence-electron chi connectivity index (χ2n) is 7.71. The SMILES string of the molecule is CCCCCOc1ccc(/C=c2\sc3n(c2=O)[C@@H](c2cccs2)C(C(=O)OC)=C(C)N=3)cc1. The van der Waals surface area contributed by atoms with Crippen LogP contribution in [-0.4, -0.2) is 24.3 Å². The summed E-state index contributed by atoms with van der Waals surface area (Å²) in [6, 6.07) is 11.0. The smallest absolute Gasteiger partial charge is 0.338 e. The Balaban J connectivity index is 1.71. The normalized spacial score (nSPS) is 15.8. The molecule has 8 heteroatoms. The molecule has 0 radical (unpaired) electrons. The lowest BCUT2D eigenvalue weighted by Gasteiger charge is -2.22. The first kappa shape index (κ1) is 23.2. The van der Waals surface area contributed by atoms with Gasteiger partial charge in [-0.2, -0.15) is 0 Å². The van der Waals surface area contributed by atoms with Gasteiger partial charge >= 0.3 is 5.97 Å². The van der Waals surface area contributed by atoms with Crippen molar-refractivity contribution in [2.75, 3.05) is 13.7 Å². The molecule has 0 N–H and O–H groups in total. The van der Waals surface area contributed by atoms with Crippen LogP contribution in [0.25, 0.3) is 6.08 Å². The summed E-state index contributed by atoms with van der Waals surface area (Å²) in [6.45, 7) is 4.65. The number of esters is 1. The molecule has 0 saturated carbocycles. The maximum absolute atomic E-state index is 13.4. The predicted molar refractivity (Wildman–Crippen MR) is 132 cm³/mol. The van der Waals surface area contributed by atoms with Gasteiger partial charge in [0.1, 0.15) is 11.8 Å². The molecule has 4 rings (SSSR count). The van der Waals surface area contributed by atoms with Gasteiger partial charge in [0, 0.05) is 4.88 Å². The number of methoxy groups -OCH3 is 1. The highest BCUT2D eigenvalue weighted by Gasteiger charge is 2.33. The number of ether oxygens (including phenoxy) is 2. The summed E-state index contributed by atoms with van der Waals surface area (Å²) < 4.78 is 13.0. The van der Waals surface area contributed by atoms with Crippen LogP contribution in [0.5, 0.6) is 5.75 Å². The number of fused-ring (bicyclic) bond motifs is 1. The monoisotopic (exact) mass is 482 g/mol. The second-order valence-corrected chi connectivity index (χ2v) is 9.70. The standard InChI is InChI=1S/C25H26N2O4S2/c1-4-5-6-13-31-18-11-9-17(10-12-18)15-20-23(28)27-22(19-8-7-14-32-19)21(24(29)30-3)16(2)26-25(27)33-20/h7-12,14-15,22H,4-6,13H2,1-3H3/b20-15-/t22-/m0/s1. The van der Waals surface area contributed by atoms with E-state index < -0.39 is 12.0 Å². The number of thiophene rings is 1. The van der Waals surface area contributed by atoms with Crippen molar-refractivity contribution in [2.24, 2.45) is 4.99 Å². The third-order valence-corrected chi connectivity index (χ3v) is 7.34. The number of carbonyl (C=O) groups excluding carboxylic acids is 1. The highest BCUT2D eigenvalue weighted by Crippen LogP contribution is 2.32. The fourth-order valence-corrected chi connectivity index (χ4v) is 5.63. The average molecular weight is 483 g/mol. The minimum atomic E-state index is -0.547. The van der Waals surface area contributed by atoms with E-state index in [0.717, 1.165) is 35.5 Å². The number of carbonyl (C=O) groups is 1. The number of aromatic nitrogens is 1. The van der Waals surface area contributed by atoms with E-state index in [2.05, 4.69) is 11.9 Å². The Labute approximate surface area is 200 Å². The van der Waals surface area contributed by atoms with Gasteiger partial charge in [-0.1, -0.05) is 49.3 Å². The van der Waals surface area contributed by atoms with Crippen molar-refractivity contribution in [3.8, 4) is 5.75 Å². The van der Waals surface area contributed by atoms with Crippen LogP contribution in [0.1, 0.15) is 49.6 Å². The summed E-state index contributed by atoms with van der Waals surface area (Å²) in [4.78, 5) is 32.1. The molecule has 172 valence electrons. The Morgan fingerprint density at radius 2 is 2.00 bits per heavy atom. The maximum atomic E-state index is 13.4. The van der Waals surface area contributed by atoms with Crippen molar-refractivity contribution in [3.05, 3.63) is 83.2 Å². The molecule has 0 spiro atoms. The zero-order valence-corrected chi connectivity index (χ0v) is 20.5. The number of unbranched alkanes of at least 4 members (excludes halogenated alkanes) is 2. The predicted octanol–water partition coefficient (Wildman–Crippen LogP) is 4.04. The molecule has 3 heterocycles. The molecule has 0 fully saturated rings. The van der Waals surface area contributed by atoms with Gasteiger partial charge in [0.15, 0.2) is 4.80 Å². The van der Waals surface area contributed by atoms with Crippen LogP contribution in [0.15, 0.2) is 62.8 Å². The average Bonchev–Trinajstić information content (AvgIpc) is 3.45. The number of rotatable bonds is 8. The van der Waals surface area contributed by atoms with Gasteiger partial charge < -0.3 is 9.47 Å². The van der Waals surface area contributed by atoms with Crippen molar-refractivity contribution in [2.45, 2.75) is 39.2 Å². The summed E-state index contributed by atoms with van der Waals surface area (Å²) in [5.74, 6) is 0.346. The number of hydrogen-bond acceptors (Lipinski definition) is 7. The number of allylic oxidation sites excluding steroid dienone is 1. The van der Waals surface area contributed by atoms with Crippen LogP contribution < -0.4 is 19.6 Å². The Bertz CT molecular complexity index is 1330. The topological polar surface area (TPSA) is 69.9 Å². The van der Waals surface area contributed by atoms with Crippen LogP contribution >= 0.6 is 22.7 Å². The minimum absolute atomic E-state index is 0.175. The van der Waals surface area contributed by atoms with Gasteiger partial charge in [-0.05, 0) is 48.6 Å². The fourth-order valence-electron chi connectivity index (χ4n) is 3.76. The highest BCUT2D eigenvalue weighted by atomic mass is 32.1. The van der Waals surface area contributed by atoms with Crippen LogP contribution in [0, 0.1) is 0 Å². The Hall–Kier alpha value is -2.97. The molecule has 1 aliphatic heterocycles. The van der Waals surface area contributed by atoms with E-state index in [1.165, 1.54) is 29.8 Å². The molecule has 0 aliphatic carbocycles. The number of thiazole rings is 1. The van der Waals surface area contributed by atoms with Gasteiger partial charge in [-0.3, -0.25) is 9.36 Å². The minimum Gasteiger partial charge on any atom is -0.494 e. The van der Waals surface area contributed by atoms with Crippen molar-refractivity contribution >= 4 is 34.7 Å². The van der Waals surface area contributed by atoms with Crippen LogP contribution in [0.2, 0.25) is 0 Å². The number of hydrogen-bond donors (Lipinski definition) is 0. The number of nitrogens with zero attached hydrogens (tertiary/aromatic N) is 2. The van der Waals surface area contributed by atoms with Crippen molar-refractivity contribution in [1.29, 1.82) is 0 Å². The lowest BCUT2D eigenvalue weighted by Crippen LogP contribution is -2.39. The Kier molecular flexibility index (Phi) is 7.25. The fraction of sp³-hybridized carbons (Fsp3) is 0.320. The van der Waals surface area contributed by atoms with E-state index >= 15 is 0 Å². The molecule has 0 unspecified atom stereocenters. The van der Waals surface area contributed by atoms with E-state index in [1.54, 1.807) is 11.5 Å². The summed E-state index contributed by atoms with van der Waals surface area (Å²) in [5.41, 5.74) is 1.68. The molecule has 1 aliphatic rings. The number of benzene rings is 1. The molecule has 33 heavy (non-hydrogen) atoms. The van der Waals surface area contributed by atoms with E-state index in [1.807, 2.05) is 47.9 Å².